The summed E-state index contributed by atoms with van der Waals surface area (Å²) in [6, 6.07) is 11.0. The van der Waals surface area contributed by atoms with Crippen molar-refractivity contribution >= 4 is 21.6 Å². The molecule has 1 N–H and O–H groups in total. The molecule has 0 radical (unpaired) electrons. The van der Waals surface area contributed by atoms with Crippen molar-refractivity contribution in [3.8, 4) is 5.75 Å². The number of sulfonamides is 1. The molecule has 0 heterocycles. The lowest BCUT2D eigenvalue weighted by molar-refractivity contribution is -0.138. The zero-order chi connectivity index (χ0) is 20.2. The third kappa shape index (κ3) is 5.36. The van der Waals surface area contributed by atoms with Gasteiger partial charge in [-0.3, -0.25) is 9.52 Å². The Bertz CT molecular complexity index is 913. The first-order valence-corrected chi connectivity index (χ1v) is 9.10. The van der Waals surface area contributed by atoms with Gasteiger partial charge in [0, 0.05) is 12.6 Å². The number of alkyl halides is 3. The van der Waals surface area contributed by atoms with Crippen molar-refractivity contribution in [3.63, 3.8) is 0 Å². The molecule has 2 aromatic rings. The van der Waals surface area contributed by atoms with Crippen LogP contribution in [-0.4, -0.2) is 46.1 Å². The van der Waals surface area contributed by atoms with E-state index in [0.29, 0.717) is 10.6 Å². The number of hydrogen-bond donors (Lipinski definition) is 1. The van der Waals surface area contributed by atoms with Crippen molar-refractivity contribution in [2.45, 2.75) is 11.1 Å². The van der Waals surface area contributed by atoms with Crippen LogP contribution >= 0.6 is 0 Å². The zero-order valence-corrected chi connectivity index (χ0v) is 15.3. The number of methoxy groups -OCH3 is 1. The summed E-state index contributed by atoms with van der Waals surface area (Å²) in [4.78, 5) is 12.4. The molecule has 0 atom stereocenters. The Morgan fingerprint density at radius 3 is 2.26 bits per heavy atom. The van der Waals surface area contributed by atoms with E-state index >= 15 is 0 Å². The molecule has 0 aliphatic heterocycles. The average molecular weight is 402 g/mol. The molecule has 2 aromatic carbocycles. The van der Waals surface area contributed by atoms with Crippen LogP contribution in [0, 0.1) is 0 Å². The number of rotatable bonds is 6. The molecule has 0 unspecified atom stereocenters. The Morgan fingerprint density at radius 2 is 1.70 bits per heavy atom. The van der Waals surface area contributed by atoms with Crippen molar-refractivity contribution < 1.29 is 31.1 Å². The molecular weight excluding hydrogens is 385 g/mol. The van der Waals surface area contributed by atoms with Gasteiger partial charge in [-0.15, -0.1) is 0 Å². The van der Waals surface area contributed by atoms with E-state index < -0.39 is 28.7 Å². The quantitative estimate of drug-likeness (QED) is 0.806. The van der Waals surface area contributed by atoms with Crippen molar-refractivity contribution in [1.29, 1.82) is 0 Å². The van der Waals surface area contributed by atoms with Gasteiger partial charge < -0.3 is 9.64 Å². The summed E-state index contributed by atoms with van der Waals surface area (Å²) in [5.41, 5.74) is 0.169. The van der Waals surface area contributed by atoms with Crippen LogP contribution in [0.5, 0.6) is 5.75 Å². The summed E-state index contributed by atoms with van der Waals surface area (Å²) in [6.45, 7) is -1.40. The number of benzene rings is 2. The number of ether oxygens (including phenoxy) is 1. The molecule has 10 heteroatoms. The fourth-order valence-corrected chi connectivity index (χ4v) is 3.34. The molecule has 0 aliphatic rings. The van der Waals surface area contributed by atoms with Crippen LogP contribution in [-0.2, 0) is 10.0 Å². The monoisotopic (exact) mass is 402 g/mol. The molecule has 27 heavy (non-hydrogen) atoms. The zero-order valence-electron chi connectivity index (χ0n) is 14.4. The normalized spacial score (nSPS) is 11.7. The van der Waals surface area contributed by atoms with Crippen LogP contribution in [0.15, 0.2) is 53.4 Å². The highest BCUT2D eigenvalue weighted by Crippen LogP contribution is 2.26. The molecule has 0 saturated heterocycles. The molecule has 0 aliphatic carbocycles. The van der Waals surface area contributed by atoms with E-state index in [0.717, 1.165) is 31.3 Å². The van der Waals surface area contributed by atoms with E-state index in [4.69, 9.17) is 4.74 Å². The highest BCUT2D eigenvalue weighted by molar-refractivity contribution is 7.92. The maximum absolute atomic E-state index is 12.5. The molecular formula is C17H17F3N2O4S. The van der Waals surface area contributed by atoms with Crippen LogP contribution in [0.4, 0.5) is 18.9 Å². The molecule has 1 amide bonds. The van der Waals surface area contributed by atoms with Gasteiger partial charge in [0.1, 0.15) is 12.3 Å². The lowest BCUT2D eigenvalue weighted by Gasteiger charge is -2.19. The smallest absolute Gasteiger partial charge is 0.406 e. The largest absolute Gasteiger partial charge is 0.495 e. The summed E-state index contributed by atoms with van der Waals surface area (Å²) in [5.74, 6) is -0.546. The summed E-state index contributed by atoms with van der Waals surface area (Å²) < 4.78 is 69.5. The summed E-state index contributed by atoms with van der Waals surface area (Å²) in [5, 5.41) is 0. The number of hydrogen-bond acceptors (Lipinski definition) is 4. The van der Waals surface area contributed by atoms with Gasteiger partial charge in [-0.1, -0.05) is 12.1 Å². The molecule has 0 bridgehead atoms. The van der Waals surface area contributed by atoms with E-state index in [-0.39, 0.29) is 16.1 Å². The van der Waals surface area contributed by atoms with E-state index in [9.17, 15) is 26.4 Å². The third-order valence-electron chi connectivity index (χ3n) is 3.53. The van der Waals surface area contributed by atoms with Crippen molar-refractivity contribution in [2.75, 3.05) is 25.4 Å². The van der Waals surface area contributed by atoms with Crippen LogP contribution in [0.3, 0.4) is 0 Å². The number of carbonyl (C=O) groups is 1. The van der Waals surface area contributed by atoms with Gasteiger partial charge in [-0.05, 0) is 36.4 Å². The van der Waals surface area contributed by atoms with Gasteiger partial charge in [0.15, 0.2) is 0 Å². The second-order valence-corrected chi connectivity index (χ2v) is 7.29. The van der Waals surface area contributed by atoms with Gasteiger partial charge in [-0.2, -0.15) is 13.2 Å². The first kappa shape index (κ1) is 20.6. The Morgan fingerprint density at radius 1 is 1.11 bits per heavy atom. The standard InChI is InChI=1S/C17H17F3N2O4S/c1-22(11-17(18,19)20)16(23)12-7-9-13(10-8-12)27(24,25)21-14-5-3-4-6-15(14)26-2/h3-10,21H,11H2,1-2H3. The van der Waals surface area contributed by atoms with Gasteiger partial charge in [-0.25, -0.2) is 8.42 Å². The van der Waals surface area contributed by atoms with E-state index in [2.05, 4.69) is 4.72 Å². The van der Waals surface area contributed by atoms with Crippen LogP contribution < -0.4 is 9.46 Å². The molecule has 0 saturated carbocycles. The summed E-state index contributed by atoms with van der Waals surface area (Å²) in [6.07, 6.45) is -4.52. The first-order chi connectivity index (χ1) is 12.5. The lowest BCUT2D eigenvalue weighted by Crippen LogP contribution is -2.35. The Hall–Kier alpha value is -2.75. The molecule has 146 valence electrons. The van der Waals surface area contributed by atoms with Crippen LogP contribution in [0.1, 0.15) is 10.4 Å². The van der Waals surface area contributed by atoms with Gasteiger partial charge in [0.05, 0.1) is 17.7 Å². The predicted molar refractivity (Wildman–Crippen MR) is 93.3 cm³/mol. The average Bonchev–Trinajstić information content (AvgIpc) is 2.60. The molecule has 0 fully saturated rings. The summed E-state index contributed by atoms with van der Waals surface area (Å²) >= 11 is 0. The highest BCUT2D eigenvalue weighted by Gasteiger charge is 2.31. The van der Waals surface area contributed by atoms with E-state index in [1.165, 1.54) is 13.2 Å². The number of anilines is 1. The lowest BCUT2D eigenvalue weighted by atomic mass is 10.2. The molecule has 2 rings (SSSR count). The van der Waals surface area contributed by atoms with Gasteiger partial charge >= 0.3 is 6.18 Å². The number of nitrogens with one attached hydrogen (secondary N) is 1. The molecule has 0 aromatic heterocycles. The third-order valence-corrected chi connectivity index (χ3v) is 4.91. The second kappa shape index (κ2) is 7.87. The fourth-order valence-electron chi connectivity index (χ4n) is 2.27. The van der Waals surface area contributed by atoms with E-state index in [1.807, 2.05) is 0 Å². The number of carbonyl (C=O) groups excluding carboxylic acids is 1. The number of nitrogens with zero attached hydrogens (tertiary/aromatic N) is 1. The maximum Gasteiger partial charge on any atom is 0.406 e. The maximum atomic E-state index is 12.5. The first-order valence-electron chi connectivity index (χ1n) is 7.61. The Balaban J connectivity index is 2.19. The number of halogens is 3. The van der Waals surface area contributed by atoms with Gasteiger partial charge in [0.2, 0.25) is 0 Å². The van der Waals surface area contributed by atoms with Crippen LogP contribution in [0.25, 0.3) is 0 Å². The Labute approximate surface area is 154 Å². The van der Waals surface area contributed by atoms with Gasteiger partial charge in [0.25, 0.3) is 15.9 Å². The van der Waals surface area contributed by atoms with Crippen molar-refractivity contribution in [1.82, 2.24) is 4.90 Å². The van der Waals surface area contributed by atoms with Crippen molar-refractivity contribution in [2.24, 2.45) is 0 Å². The van der Waals surface area contributed by atoms with E-state index in [1.54, 1.807) is 18.2 Å². The predicted octanol–water partition coefficient (Wildman–Crippen LogP) is 3.13. The molecule has 6 nitrogen and oxygen atoms in total. The van der Waals surface area contributed by atoms with Crippen LogP contribution in [0.2, 0.25) is 0 Å². The Kier molecular flexibility index (Phi) is 5.99. The minimum absolute atomic E-state index is 0.0574. The highest BCUT2D eigenvalue weighted by atomic mass is 32.2. The summed E-state index contributed by atoms with van der Waals surface area (Å²) in [7, 11) is -1.56. The second-order valence-electron chi connectivity index (χ2n) is 5.61. The number of amides is 1. The minimum Gasteiger partial charge on any atom is -0.495 e. The molecule has 0 spiro atoms. The van der Waals surface area contributed by atoms with Crippen molar-refractivity contribution in [3.05, 3.63) is 54.1 Å². The SMILES string of the molecule is COc1ccccc1NS(=O)(=O)c1ccc(C(=O)N(C)CC(F)(F)F)cc1. The minimum atomic E-state index is -4.52. The number of para-hydroxylation sites is 2. The fraction of sp³-hybridized carbons (Fsp3) is 0.235. The topological polar surface area (TPSA) is 75.7 Å².